The Bertz CT molecular complexity index is 304. The topological polar surface area (TPSA) is 20.2 Å². The zero-order valence-electron chi connectivity index (χ0n) is 7.67. The van der Waals surface area contributed by atoms with E-state index in [9.17, 15) is 13.2 Å². The van der Waals surface area contributed by atoms with E-state index in [4.69, 9.17) is 5.11 Å². The maximum Gasteiger partial charge on any atom is 0.416 e. The highest BCUT2D eigenvalue weighted by Crippen LogP contribution is 2.32. The SMILES string of the molecule is C[C@H](O)Cc1ccccc1C(F)(F)F. The zero-order valence-corrected chi connectivity index (χ0v) is 7.67. The van der Waals surface area contributed by atoms with Gasteiger partial charge in [0, 0.05) is 0 Å². The van der Waals surface area contributed by atoms with E-state index in [0.717, 1.165) is 6.07 Å². The van der Waals surface area contributed by atoms with Gasteiger partial charge in [0.1, 0.15) is 0 Å². The van der Waals surface area contributed by atoms with Crippen LogP contribution in [0, 0.1) is 0 Å². The second-order valence-electron chi connectivity index (χ2n) is 3.21. The Kier molecular flexibility index (Phi) is 3.16. The first-order valence-corrected chi connectivity index (χ1v) is 4.24. The van der Waals surface area contributed by atoms with Gasteiger partial charge in [0.15, 0.2) is 0 Å². The van der Waals surface area contributed by atoms with Crippen LogP contribution in [0.25, 0.3) is 0 Å². The molecule has 0 saturated heterocycles. The second kappa shape index (κ2) is 4.00. The van der Waals surface area contributed by atoms with Gasteiger partial charge >= 0.3 is 6.18 Å². The number of hydrogen-bond acceptors (Lipinski definition) is 1. The molecule has 0 fully saturated rings. The molecule has 0 aliphatic carbocycles. The molecule has 0 unspecified atom stereocenters. The van der Waals surface area contributed by atoms with Crippen molar-refractivity contribution >= 4 is 0 Å². The average Bonchev–Trinajstić information content (AvgIpc) is 2.01. The molecule has 0 radical (unpaired) electrons. The first-order valence-electron chi connectivity index (χ1n) is 4.24. The maximum absolute atomic E-state index is 12.4. The van der Waals surface area contributed by atoms with E-state index in [0.29, 0.717) is 0 Å². The summed E-state index contributed by atoms with van der Waals surface area (Å²) in [5.74, 6) is 0. The summed E-state index contributed by atoms with van der Waals surface area (Å²) in [6, 6.07) is 5.29. The highest BCUT2D eigenvalue weighted by molar-refractivity contribution is 5.30. The molecule has 1 aromatic carbocycles. The van der Waals surface area contributed by atoms with Gasteiger partial charge in [-0.05, 0) is 25.0 Å². The predicted molar refractivity (Wildman–Crippen MR) is 46.8 cm³/mol. The molecule has 0 saturated carbocycles. The normalized spacial score (nSPS) is 14.1. The van der Waals surface area contributed by atoms with Crippen LogP contribution in [-0.4, -0.2) is 11.2 Å². The van der Waals surface area contributed by atoms with E-state index in [1.165, 1.54) is 25.1 Å². The van der Waals surface area contributed by atoms with Crippen molar-refractivity contribution in [1.82, 2.24) is 0 Å². The number of rotatable bonds is 2. The van der Waals surface area contributed by atoms with Crippen LogP contribution in [0.15, 0.2) is 24.3 Å². The Balaban J connectivity index is 3.04. The summed E-state index contributed by atoms with van der Waals surface area (Å²) in [4.78, 5) is 0. The van der Waals surface area contributed by atoms with Crippen molar-refractivity contribution in [3.63, 3.8) is 0 Å². The first kappa shape index (κ1) is 11.0. The lowest BCUT2D eigenvalue weighted by Gasteiger charge is -2.13. The maximum atomic E-state index is 12.4. The van der Waals surface area contributed by atoms with E-state index in [1.807, 2.05) is 0 Å². The molecule has 0 aromatic heterocycles. The number of alkyl halides is 3. The smallest absolute Gasteiger partial charge is 0.393 e. The highest BCUT2D eigenvalue weighted by Gasteiger charge is 2.32. The lowest BCUT2D eigenvalue weighted by atomic mass is 10.0. The number of benzene rings is 1. The molecule has 0 aliphatic heterocycles. The summed E-state index contributed by atoms with van der Waals surface area (Å²) in [5.41, 5.74) is -0.532. The summed E-state index contributed by atoms with van der Waals surface area (Å²) < 4.78 is 37.3. The van der Waals surface area contributed by atoms with Gasteiger partial charge in [0.05, 0.1) is 11.7 Å². The second-order valence-corrected chi connectivity index (χ2v) is 3.21. The van der Waals surface area contributed by atoms with E-state index < -0.39 is 17.8 Å². The molecule has 78 valence electrons. The Hall–Kier alpha value is -1.03. The van der Waals surface area contributed by atoms with Gasteiger partial charge in [-0.3, -0.25) is 0 Å². The lowest BCUT2D eigenvalue weighted by molar-refractivity contribution is -0.138. The van der Waals surface area contributed by atoms with E-state index in [1.54, 1.807) is 0 Å². The average molecular weight is 204 g/mol. The van der Waals surface area contributed by atoms with Crippen LogP contribution in [0.3, 0.4) is 0 Å². The third-order valence-electron chi connectivity index (χ3n) is 1.84. The van der Waals surface area contributed by atoms with Crippen LogP contribution in [0.1, 0.15) is 18.1 Å². The zero-order chi connectivity index (χ0) is 10.8. The minimum Gasteiger partial charge on any atom is -0.393 e. The Morgan fingerprint density at radius 3 is 2.36 bits per heavy atom. The number of aliphatic hydroxyl groups excluding tert-OH is 1. The van der Waals surface area contributed by atoms with Crippen LogP contribution in [0.4, 0.5) is 13.2 Å². The fourth-order valence-electron chi connectivity index (χ4n) is 1.29. The van der Waals surface area contributed by atoms with Gasteiger partial charge < -0.3 is 5.11 Å². The number of halogens is 3. The standard InChI is InChI=1S/C10H11F3O/c1-7(14)6-8-4-2-3-5-9(8)10(11,12)13/h2-5,7,14H,6H2,1H3/t7-/m0/s1. The van der Waals surface area contributed by atoms with Crippen molar-refractivity contribution in [3.05, 3.63) is 35.4 Å². The van der Waals surface area contributed by atoms with Gasteiger partial charge in [-0.2, -0.15) is 13.2 Å². The van der Waals surface area contributed by atoms with E-state index >= 15 is 0 Å². The van der Waals surface area contributed by atoms with Crippen molar-refractivity contribution in [2.45, 2.75) is 25.6 Å². The molecule has 14 heavy (non-hydrogen) atoms. The fraction of sp³-hybridized carbons (Fsp3) is 0.400. The van der Waals surface area contributed by atoms with Crippen molar-refractivity contribution in [2.75, 3.05) is 0 Å². The molecule has 1 atom stereocenters. The molecule has 4 heteroatoms. The molecule has 1 aromatic rings. The minimum atomic E-state index is -4.34. The van der Waals surface area contributed by atoms with Crippen LogP contribution in [0.5, 0.6) is 0 Å². The van der Waals surface area contributed by atoms with Gasteiger partial charge in [0.25, 0.3) is 0 Å². The van der Waals surface area contributed by atoms with Gasteiger partial charge in [-0.1, -0.05) is 18.2 Å². The van der Waals surface area contributed by atoms with Gasteiger partial charge in [-0.15, -0.1) is 0 Å². The molecule has 0 bridgehead atoms. The van der Waals surface area contributed by atoms with Crippen LogP contribution < -0.4 is 0 Å². The molecule has 1 N–H and O–H groups in total. The van der Waals surface area contributed by atoms with Crippen molar-refractivity contribution in [1.29, 1.82) is 0 Å². The monoisotopic (exact) mass is 204 g/mol. The minimum absolute atomic E-state index is 0.0235. The molecule has 0 spiro atoms. The van der Waals surface area contributed by atoms with E-state index in [2.05, 4.69) is 0 Å². The summed E-state index contributed by atoms with van der Waals surface area (Å²) in [5, 5.41) is 9.03. The van der Waals surface area contributed by atoms with Crippen molar-refractivity contribution < 1.29 is 18.3 Å². The molecule has 1 rings (SSSR count). The lowest BCUT2D eigenvalue weighted by Crippen LogP contribution is -2.13. The molecule has 1 nitrogen and oxygen atoms in total. The Labute approximate surface area is 80.2 Å². The third-order valence-corrected chi connectivity index (χ3v) is 1.84. The van der Waals surface area contributed by atoms with Crippen LogP contribution in [-0.2, 0) is 12.6 Å². The first-order chi connectivity index (χ1) is 6.41. The molecular formula is C10H11F3O. The molecular weight excluding hydrogens is 193 g/mol. The summed E-state index contributed by atoms with van der Waals surface area (Å²) in [7, 11) is 0. The number of aliphatic hydroxyl groups is 1. The predicted octanol–water partition coefficient (Wildman–Crippen LogP) is 2.63. The fourth-order valence-corrected chi connectivity index (χ4v) is 1.29. The van der Waals surface area contributed by atoms with E-state index in [-0.39, 0.29) is 12.0 Å². The van der Waals surface area contributed by atoms with Gasteiger partial charge in [0.2, 0.25) is 0 Å². The third kappa shape index (κ3) is 2.73. The summed E-state index contributed by atoms with van der Waals surface area (Å²) >= 11 is 0. The largest absolute Gasteiger partial charge is 0.416 e. The summed E-state index contributed by atoms with van der Waals surface area (Å²) in [6.45, 7) is 1.47. The highest BCUT2D eigenvalue weighted by atomic mass is 19.4. The number of hydrogen-bond donors (Lipinski definition) is 1. The van der Waals surface area contributed by atoms with Crippen LogP contribution >= 0.6 is 0 Å². The quantitative estimate of drug-likeness (QED) is 0.785. The summed E-state index contributed by atoms with van der Waals surface area (Å²) in [6.07, 6.45) is -5.08. The van der Waals surface area contributed by atoms with Gasteiger partial charge in [-0.25, -0.2) is 0 Å². The van der Waals surface area contributed by atoms with Crippen molar-refractivity contribution in [3.8, 4) is 0 Å². The molecule has 0 amide bonds. The Morgan fingerprint density at radius 2 is 1.86 bits per heavy atom. The van der Waals surface area contributed by atoms with Crippen LogP contribution in [0.2, 0.25) is 0 Å². The molecule has 0 aliphatic rings. The van der Waals surface area contributed by atoms with Crippen molar-refractivity contribution in [2.24, 2.45) is 0 Å². The Morgan fingerprint density at radius 1 is 1.29 bits per heavy atom. The molecule has 0 heterocycles.